The maximum atomic E-state index is 13.3. The fourth-order valence-corrected chi connectivity index (χ4v) is 1.54. The van der Waals surface area contributed by atoms with Gasteiger partial charge >= 0.3 is 0 Å². The number of allylic oxidation sites excluding steroid dienone is 2. The van der Waals surface area contributed by atoms with Crippen molar-refractivity contribution in [1.82, 2.24) is 0 Å². The van der Waals surface area contributed by atoms with Gasteiger partial charge in [-0.3, -0.25) is 0 Å². The molecule has 21 heavy (non-hydrogen) atoms. The van der Waals surface area contributed by atoms with Gasteiger partial charge in [0, 0.05) is 12.6 Å². The molecule has 0 N–H and O–H groups in total. The van der Waals surface area contributed by atoms with E-state index in [1.807, 2.05) is 19.9 Å². The van der Waals surface area contributed by atoms with Crippen molar-refractivity contribution in [2.75, 3.05) is 0 Å². The topological polar surface area (TPSA) is 21.6 Å². The molecule has 0 aliphatic heterocycles. The molecule has 0 radical (unpaired) electrons. The molecular formula is C14H14F5NO. The van der Waals surface area contributed by atoms with Crippen LogP contribution < -0.4 is 0 Å². The zero-order chi connectivity index (χ0) is 16.0. The van der Waals surface area contributed by atoms with Crippen molar-refractivity contribution in [3.05, 3.63) is 46.3 Å². The van der Waals surface area contributed by atoms with Crippen LogP contribution in [-0.2, 0) is 11.4 Å². The predicted octanol–water partition coefficient (Wildman–Crippen LogP) is 4.63. The highest BCUT2D eigenvalue weighted by molar-refractivity contribution is 5.60. The molecule has 0 saturated carbocycles. The third kappa shape index (κ3) is 4.27. The second-order valence-electron chi connectivity index (χ2n) is 4.27. The summed E-state index contributed by atoms with van der Waals surface area (Å²) in [5, 5.41) is 3.42. The van der Waals surface area contributed by atoms with E-state index >= 15 is 0 Å². The summed E-state index contributed by atoms with van der Waals surface area (Å²) in [4.78, 5) is 4.57. The second-order valence-corrected chi connectivity index (χ2v) is 4.27. The quantitative estimate of drug-likeness (QED) is 0.187. The predicted molar refractivity (Wildman–Crippen MR) is 68.2 cm³/mol. The Kier molecular flexibility index (Phi) is 6.33. The SMILES string of the molecule is CC/C=C(/C)C/C=N/OCc1c(F)c(F)c(F)c(F)c1F. The molecule has 0 unspecified atom stereocenters. The molecule has 0 atom stereocenters. The van der Waals surface area contributed by atoms with E-state index in [-0.39, 0.29) is 0 Å². The van der Waals surface area contributed by atoms with Crippen molar-refractivity contribution >= 4 is 6.21 Å². The molecule has 0 saturated heterocycles. The van der Waals surface area contributed by atoms with Gasteiger partial charge in [-0.1, -0.05) is 23.7 Å². The zero-order valence-corrected chi connectivity index (χ0v) is 11.5. The molecule has 0 fully saturated rings. The summed E-state index contributed by atoms with van der Waals surface area (Å²) >= 11 is 0. The van der Waals surface area contributed by atoms with Crippen LogP contribution in [0.5, 0.6) is 0 Å². The molecule has 1 rings (SSSR count). The van der Waals surface area contributed by atoms with E-state index in [0.29, 0.717) is 6.42 Å². The first kappa shape index (κ1) is 17.1. The molecule has 0 spiro atoms. The van der Waals surface area contributed by atoms with Crippen molar-refractivity contribution in [2.24, 2.45) is 5.16 Å². The fourth-order valence-electron chi connectivity index (χ4n) is 1.54. The maximum Gasteiger partial charge on any atom is 0.200 e. The number of benzene rings is 1. The standard InChI is InChI=1S/C14H14F5NO/c1-3-4-8(2)5-6-20-21-7-9-10(15)12(17)14(19)13(18)11(9)16/h4,6H,3,5,7H2,1-2H3/b8-4-,20-6+. The van der Waals surface area contributed by atoms with E-state index in [1.54, 1.807) is 0 Å². The summed E-state index contributed by atoms with van der Waals surface area (Å²) in [6.45, 7) is 2.97. The van der Waals surface area contributed by atoms with E-state index in [0.717, 1.165) is 12.0 Å². The largest absolute Gasteiger partial charge is 0.391 e. The zero-order valence-electron chi connectivity index (χ0n) is 11.5. The van der Waals surface area contributed by atoms with Crippen LogP contribution in [0, 0.1) is 29.1 Å². The average Bonchev–Trinajstić information content (AvgIpc) is 2.46. The van der Waals surface area contributed by atoms with Gasteiger partial charge in [0.15, 0.2) is 23.3 Å². The minimum absolute atomic E-state index is 0.463. The number of rotatable bonds is 6. The monoisotopic (exact) mass is 307 g/mol. The lowest BCUT2D eigenvalue weighted by molar-refractivity contribution is 0.124. The van der Waals surface area contributed by atoms with Crippen LogP contribution in [0.3, 0.4) is 0 Å². The van der Waals surface area contributed by atoms with E-state index < -0.39 is 41.3 Å². The molecule has 0 heterocycles. The third-order valence-corrected chi connectivity index (χ3v) is 2.62. The number of hydrogen-bond acceptors (Lipinski definition) is 2. The van der Waals surface area contributed by atoms with Crippen LogP contribution in [0.25, 0.3) is 0 Å². The summed E-state index contributed by atoms with van der Waals surface area (Å²) in [6.07, 6.45) is 4.61. The summed E-state index contributed by atoms with van der Waals surface area (Å²) in [5.41, 5.74) is -0.0366. The van der Waals surface area contributed by atoms with Gasteiger partial charge in [0.25, 0.3) is 0 Å². The Morgan fingerprint density at radius 3 is 2.05 bits per heavy atom. The highest BCUT2D eigenvalue weighted by atomic mass is 19.2. The van der Waals surface area contributed by atoms with Crippen molar-refractivity contribution < 1.29 is 26.8 Å². The summed E-state index contributed by atoms with van der Waals surface area (Å²) in [7, 11) is 0. The van der Waals surface area contributed by atoms with Gasteiger partial charge in [-0.2, -0.15) is 0 Å². The van der Waals surface area contributed by atoms with Crippen molar-refractivity contribution in [2.45, 2.75) is 33.3 Å². The third-order valence-electron chi connectivity index (χ3n) is 2.62. The normalized spacial score (nSPS) is 12.2. The number of oxime groups is 1. The van der Waals surface area contributed by atoms with Gasteiger partial charge in [-0.05, 0) is 13.3 Å². The smallest absolute Gasteiger partial charge is 0.200 e. The van der Waals surface area contributed by atoms with Gasteiger partial charge in [-0.15, -0.1) is 0 Å². The van der Waals surface area contributed by atoms with Crippen LogP contribution in [0.2, 0.25) is 0 Å². The first-order valence-corrected chi connectivity index (χ1v) is 6.19. The van der Waals surface area contributed by atoms with Crippen LogP contribution >= 0.6 is 0 Å². The van der Waals surface area contributed by atoms with Crippen molar-refractivity contribution in [3.8, 4) is 0 Å². The molecule has 0 aliphatic rings. The van der Waals surface area contributed by atoms with Crippen LogP contribution in [0.1, 0.15) is 32.3 Å². The van der Waals surface area contributed by atoms with E-state index in [2.05, 4.69) is 9.99 Å². The number of nitrogens with zero attached hydrogens (tertiary/aromatic N) is 1. The van der Waals surface area contributed by atoms with Gasteiger partial charge in [0.2, 0.25) is 5.82 Å². The molecule has 0 bridgehead atoms. The number of hydrogen-bond donors (Lipinski definition) is 0. The Balaban J connectivity index is 2.73. The lowest BCUT2D eigenvalue weighted by atomic mass is 10.2. The molecule has 2 nitrogen and oxygen atoms in total. The Bertz CT molecular complexity index is 540. The molecule has 0 aliphatic carbocycles. The lowest BCUT2D eigenvalue weighted by Crippen LogP contribution is -2.07. The first-order chi connectivity index (χ1) is 9.90. The maximum absolute atomic E-state index is 13.3. The molecule has 1 aromatic rings. The van der Waals surface area contributed by atoms with Gasteiger partial charge in [-0.25, -0.2) is 22.0 Å². The molecule has 0 amide bonds. The van der Waals surface area contributed by atoms with E-state index in [1.165, 1.54) is 6.21 Å². The molecule has 1 aromatic carbocycles. The molecule has 0 aromatic heterocycles. The average molecular weight is 307 g/mol. The molecule has 116 valence electrons. The van der Waals surface area contributed by atoms with Crippen LogP contribution in [0.4, 0.5) is 22.0 Å². The Labute approximate surface area is 118 Å². The molecular weight excluding hydrogens is 293 g/mol. The Morgan fingerprint density at radius 2 is 1.52 bits per heavy atom. The Hall–Kier alpha value is -1.92. The Morgan fingerprint density at radius 1 is 1.00 bits per heavy atom. The van der Waals surface area contributed by atoms with Gasteiger partial charge in [0.05, 0.1) is 5.56 Å². The summed E-state index contributed by atoms with van der Waals surface area (Å²) < 4.78 is 65.2. The highest BCUT2D eigenvalue weighted by Gasteiger charge is 2.25. The van der Waals surface area contributed by atoms with Gasteiger partial charge < -0.3 is 4.84 Å². The minimum atomic E-state index is -2.20. The molecule has 7 heteroatoms. The summed E-state index contributed by atoms with van der Waals surface area (Å²) in [5.74, 6) is -10.0. The minimum Gasteiger partial charge on any atom is -0.391 e. The second kappa shape index (κ2) is 7.75. The highest BCUT2D eigenvalue weighted by Crippen LogP contribution is 2.23. The lowest BCUT2D eigenvalue weighted by Gasteiger charge is -2.06. The van der Waals surface area contributed by atoms with E-state index in [9.17, 15) is 22.0 Å². The van der Waals surface area contributed by atoms with Gasteiger partial charge in [0.1, 0.15) is 6.61 Å². The number of halogens is 5. The van der Waals surface area contributed by atoms with Crippen molar-refractivity contribution in [3.63, 3.8) is 0 Å². The van der Waals surface area contributed by atoms with Crippen LogP contribution in [0.15, 0.2) is 16.8 Å². The fraction of sp³-hybridized carbons (Fsp3) is 0.357. The van der Waals surface area contributed by atoms with E-state index in [4.69, 9.17) is 0 Å². The first-order valence-electron chi connectivity index (χ1n) is 6.19. The summed E-state index contributed by atoms with van der Waals surface area (Å²) in [6, 6.07) is 0. The van der Waals surface area contributed by atoms with Crippen LogP contribution in [-0.4, -0.2) is 6.21 Å². The van der Waals surface area contributed by atoms with Crippen molar-refractivity contribution in [1.29, 1.82) is 0 Å².